The maximum Gasteiger partial charge on any atom is 0.193 e. The molecule has 0 saturated carbocycles. The molecule has 0 aliphatic carbocycles. The van der Waals surface area contributed by atoms with Crippen molar-refractivity contribution in [3.63, 3.8) is 0 Å². The molecule has 0 fully saturated rings. The zero-order chi connectivity index (χ0) is 18.4. The lowest BCUT2D eigenvalue weighted by Crippen LogP contribution is -2.28. The van der Waals surface area contributed by atoms with Gasteiger partial charge in [-0.05, 0) is 23.8 Å². The highest BCUT2D eigenvalue weighted by molar-refractivity contribution is 9.10. The highest BCUT2D eigenvalue weighted by Crippen LogP contribution is 2.31. The zero-order valence-electron chi connectivity index (χ0n) is 15.0. The molecular formula is C19H24BrN3O2. The van der Waals surface area contributed by atoms with Gasteiger partial charge >= 0.3 is 0 Å². The Morgan fingerprint density at radius 1 is 1.12 bits per heavy atom. The second-order valence-corrected chi connectivity index (χ2v) is 7.11. The quantitative estimate of drug-likeness (QED) is 0.558. The van der Waals surface area contributed by atoms with E-state index in [0.29, 0.717) is 24.0 Å². The van der Waals surface area contributed by atoms with Crippen molar-refractivity contribution in [1.29, 1.82) is 0 Å². The minimum atomic E-state index is -0.149. The molecule has 0 atom stereocenters. The van der Waals surface area contributed by atoms with E-state index in [1.165, 1.54) is 5.56 Å². The molecule has 0 radical (unpaired) electrons. The molecule has 0 saturated heterocycles. The van der Waals surface area contributed by atoms with Crippen LogP contribution >= 0.6 is 15.9 Å². The van der Waals surface area contributed by atoms with Gasteiger partial charge in [0.2, 0.25) is 0 Å². The summed E-state index contributed by atoms with van der Waals surface area (Å²) in [4.78, 5) is 4.50. The SMILES string of the molecule is COc1ccc(NC(N)=NCC(C)(C)c2ccccc2Br)cc1OC. The summed E-state index contributed by atoms with van der Waals surface area (Å²) in [6, 6.07) is 13.7. The fraction of sp³-hybridized carbons (Fsp3) is 0.316. The Hall–Kier alpha value is -2.21. The second-order valence-electron chi connectivity index (χ2n) is 6.26. The van der Waals surface area contributed by atoms with Crippen LogP contribution in [0.25, 0.3) is 0 Å². The van der Waals surface area contributed by atoms with Crippen molar-refractivity contribution < 1.29 is 9.47 Å². The minimum absolute atomic E-state index is 0.149. The van der Waals surface area contributed by atoms with Crippen LogP contribution in [0.1, 0.15) is 19.4 Å². The van der Waals surface area contributed by atoms with Gasteiger partial charge in [-0.15, -0.1) is 0 Å². The number of nitrogens with one attached hydrogen (secondary N) is 1. The number of anilines is 1. The largest absolute Gasteiger partial charge is 0.493 e. The molecule has 134 valence electrons. The fourth-order valence-corrected chi connectivity index (χ4v) is 3.30. The van der Waals surface area contributed by atoms with Crippen molar-refractivity contribution in [2.45, 2.75) is 19.3 Å². The van der Waals surface area contributed by atoms with Crippen LogP contribution in [0.3, 0.4) is 0 Å². The Bertz CT molecular complexity index is 760. The highest BCUT2D eigenvalue weighted by Gasteiger charge is 2.22. The third kappa shape index (κ3) is 4.89. The van der Waals surface area contributed by atoms with Crippen LogP contribution in [-0.4, -0.2) is 26.7 Å². The van der Waals surface area contributed by atoms with Crippen LogP contribution in [0.2, 0.25) is 0 Å². The van der Waals surface area contributed by atoms with Crippen LogP contribution in [0.4, 0.5) is 5.69 Å². The van der Waals surface area contributed by atoms with Crippen molar-refractivity contribution in [2.24, 2.45) is 10.7 Å². The van der Waals surface area contributed by atoms with Gasteiger partial charge in [0.25, 0.3) is 0 Å². The van der Waals surface area contributed by atoms with Gasteiger partial charge in [-0.1, -0.05) is 48.0 Å². The summed E-state index contributed by atoms with van der Waals surface area (Å²) >= 11 is 3.60. The van der Waals surface area contributed by atoms with Crippen molar-refractivity contribution in [3.05, 3.63) is 52.5 Å². The number of hydrogen-bond acceptors (Lipinski definition) is 3. The first-order chi connectivity index (χ1) is 11.9. The van der Waals surface area contributed by atoms with Gasteiger partial charge in [0.1, 0.15) is 0 Å². The van der Waals surface area contributed by atoms with E-state index in [4.69, 9.17) is 15.2 Å². The van der Waals surface area contributed by atoms with E-state index in [-0.39, 0.29) is 5.41 Å². The molecule has 0 bridgehead atoms. The standard InChI is InChI=1S/C19H24BrN3O2/c1-19(2,14-7-5-6-8-15(14)20)12-22-18(21)23-13-9-10-16(24-3)17(11-13)25-4/h5-11H,12H2,1-4H3,(H3,21,22,23). The number of ether oxygens (including phenoxy) is 2. The average molecular weight is 406 g/mol. The number of rotatable bonds is 6. The van der Waals surface area contributed by atoms with Gasteiger partial charge in [0.05, 0.1) is 20.8 Å². The number of hydrogen-bond donors (Lipinski definition) is 2. The topological polar surface area (TPSA) is 68.9 Å². The molecule has 2 aromatic carbocycles. The van der Waals surface area contributed by atoms with Crippen molar-refractivity contribution in [3.8, 4) is 11.5 Å². The van der Waals surface area contributed by atoms with Crippen molar-refractivity contribution in [2.75, 3.05) is 26.1 Å². The maximum atomic E-state index is 6.05. The van der Waals surface area contributed by atoms with Crippen LogP contribution < -0.4 is 20.5 Å². The summed E-state index contributed by atoms with van der Waals surface area (Å²) in [5.41, 5.74) is 7.88. The Balaban J connectivity index is 2.10. The first-order valence-corrected chi connectivity index (χ1v) is 8.70. The lowest BCUT2D eigenvalue weighted by Gasteiger charge is -2.24. The van der Waals surface area contributed by atoms with Crippen LogP contribution in [0, 0.1) is 0 Å². The minimum Gasteiger partial charge on any atom is -0.493 e. The molecule has 2 rings (SSSR count). The smallest absolute Gasteiger partial charge is 0.193 e. The Kier molecular flexibility index (Phi) is 6.31. The first kappa shape index (κ1) is 19.1. The van der Waals surface area contributed by atoms with Gasteiger partial charge in [0, 0.05) is 21.6 Å². The summed E-state index contributed by atoms with van der Waals surface area (Å²) in [6.45, 7) is 4.84. The number of benzene rings is 2. The maximum absolute atomic E-state index is 6.05. The first-order valence-electron chi connectivity index (χ1n) is 7.91. The van der Waals surface area contributed by atoms with E-state index in [9.17, 15) is 0 Å². The number of halogens is 1. The molecule has 25 heavy (non-hydrogen) atoms. The Morgan fingerprint density at radius 2 is 1.80 bits per heavy atom. The molecule has 0 aromatic heterocycles. The fourth-order valence-electron chi connectivity index (χ4n) is 2.48. The highest BCUT2D eigenvalue weighted by atomic mass is 79.9. The van der Waals surface area contributed by atoms with Crippen molar-refractivity contribution >= 4 is 27.6 Å². The number of guanidine groups is 1. The lowest BCUT2D eigenvalue weighted by atomic mass is 9.85. The molecule has 3 N–H and O–H groups in total. The number of nitrogens with zero attached hydrogens (tertiary/aromatic N) is 1. The molecule has 0 aliphatic heterocycles. The molecule has 6 heteroatoms. The van der Waals surface area contributed by atoms with E-state index in [2.05, 4.69) is 46.2 Å². The van der Waals surface area contributed by atoms with Crippen LogP contribution in [0.15, 0.2) is 51.9 Å². The summed E-state index contributed by atoms with van der Waals surface area (Å²) < 4.78 is 11.6. The molecule has 0 heterocycles. The Morgan fingerprint density at radius 3 is 2.44 bits per heavy atom. The summed E-state index contributed by atoms with van der Waals surface area (Å²) in [5, 5.41) is 3.09. The van der Waals surface area contributed by atoms with Gasteiger partial charge in [-0.25, -0.2) is 0 Å². The molecule has 0 aliphatic rings. The lowest BCUT2D eigenvalue weighted by molar-refractivity contribution is 0.355. The van der Waals surface area contributed by atoms with Crippen LogP contribution in [0.5, 0.6) is 11.5 Å². The number of methoxy groups -OCH3 is 2. The van der Waals surface area contributed by atoms with Gasteiger partial charge in [-0.2, -0.15) is 0 Å². The predicted octanol–water partition coefficient (Wildman–Crippen LogP) is 4.17. The van der Waals surface area contributed by atoms with Crippen LogP contribution in [-0.2, 0) is 5.41 Å². The average Bonchev–Trinajstić information content (AvgIpc) is 2.60. The summed E-state index contributed by atoms with van der Waals surface area (Å²) in [7, 11) is 3.20. The monoisotopic (exact) mass is 405 g/mol. The number of aliphatic imine (C=N–C) groups is 1. The second kappa shape index (κ2) is 8.25. The molecule has 2 aromatic rings. The van der Waals surface area contributed by atoms with E-state index in [1.54, 1.807) is 14.2 Å². The molecule has 0 unspecified atom stereocenters. The molecule has 0 amide bonds. The third-order valence-electron chi connectivity index (χ3n) is 3.90. The normalized spacial score (nSPS) is 12.0. The van der Waals surface area contributed by atoms with E-state index >= 15 is 0 Å². The predicted molar refractivity (Wildman–Crippen MR) is 107 cm³/mol. The van der Waals surface area contributed by atoms with E-state index in [0.717, 1.165) is 10.2 Å². The number of nitrogens with two attached hydrogens (primary N) is 1. The molecule has 0 spiro atoms. The van der Waals surface area contributed by atoms with Gasteiger partial charge < -0.3 is 20.5 Å². The van der Waals surface area contributed by atoms with Gasteiger partial charge in [-0.3, -0.25) is 4.99 Å². The third-order valence-corrected chi connectivity index (χ3v) is 4.60. The Labute approximate surface area is 157 Å². The molecule has 5 nitrogen and oxygen atoms in total. The van der Waals surface area contributed by atoms with E-state index in [1.807, 2.05) is 36.4 Å². The molecular weight excluding hydrogens is 382 g/mol. The van der Waals surface area contributed by atoms with Gasteiger partial charge in [0.15, 0.2) is 17.5 Å². The van der Waals surface area contributed by atoms with Crippen molar-refractivity contribution in [1.82, 2.24) is 0 Å². The van der Waals surface area contributed by atoms with E-state index < -0.39 is 0 Å². The summed E-state index contributed by atoms with van der Waals surface area (Å²) in [6.07, 6.45) is 0. The summed E-state index contributed by atoms with van der Waals surface area (Å²) in [5.74, 6) is 1.65. The zero-order valence-corrected chi connectivity index (χ0v) is 16.6.